The molecule has 0 aromatic heterocycles. The van der Waals surface area contributed by atoms with E-state index in [4.69, 9.17) is 4.74 Å². The van der Waals surface area contributed by atoms with E-state index in [-0.39, 0.29) is 0 Å². The number of thioether (sulfide) groups is 1. The molecule has 0 spiro atoms. The van der Waals surface area contributed by atoms with Crippen molar-refractivity contribution in [2.24, 2.45) is 0 Å². The van der Waals surface area contributed by atoms with Gasteiger partial charge >= 0.3 is 0 Å². The largest absolute Gasteiger partial charge is 0.377 e. The third-order valence-electron chi connectivity index (χ3n) is 3.25. The molecule has 2 rings (SSSR count). The van der Waals surface area contributed by atoms with Gasteiger partial charge in [-0.3, -0.25) is 0 Å². The number of hydrogen-bond acceptors (Lipinski definition) is 2. The Bertz CT molecular complexity index is 291. The van der Waals surface area contributed by atoms with Crippen molar-refractivity contribution < 1.29 is 4.74 Å². The summed E-state index contributed by atoms with van der Waals surface area (Å²) in [4.78, 5) is 1.34. The molecule has 0 saturated heterocycles. The first-order valence-electron chi connectivity index (χ1n) is 6.74. The van der Waals surface area contributed by atoms with Crippen molar-refractivity contribution in [3.05, 3.63) is 30.3 Å². The van der Waals surface area contributed by atoms with Crippen LogP contribution < -0.4 is 0 Å². The second kappa shape index (κ2) is 7.78. The van der Waals surface area contributed by atoms with Crippen molar-refractivity contribution in [1.29, 1.82) is 0 Å². The van der Waals surface area contributed by atoms with Gasteiger partial charge in [-0.2, -0.15) is 0 Å². The van der Waals surface area contributed by atoms with Crippen LogP contribution in [-0.2, 0) is 4.74 Å². The van der Waals surface area contributed by atoms with Gasteiger partial charge in [0.2, 0.25) is 0 Å². The van der Waals surface area contributed by atoms with Crippen molar-refractivity contribution >= 4 is 11.8 Å². The molecule has 1 aromatic rings. The molecule has 0 radical (unpaired) electrons. The number of benzene rings is 1. The van der Waals surface area contributed by atoms with E-state index in [1.165, 1.54) is 43.4 Å². The molecule has 1 aliphatic carbocycles. The van der Waals surface area contributed by atoms with Gasteiger partial charge in [-0.1, -0.05) is 43.9 Å². The van der Waals surface area contributed by atoms with E-state index in [0.29, 0.717) is 6.10 Å². The summed E-state index contributed by atoms with van der Waals surface area (Å²) >= 11 is 1.89. The number of hydrogen-bond donors (Lipinski definition) is 0. The van der Waals surface area contributed by atoms with Gasteiger partial charge in [-0.15, -0.1) is 11.8 Å². The van der Waals surface area contributed by atoms with Crippen LogP contribution in [0.5, 0.6) is 0 Å². The maximum absolute atomic E-state index is 5.96. The second-order valence-corrected chi connectivity index (χ2v) is 5.81. The highest BCUT2D eigenvalue weighted by Gasteiger charge is 2.11. The summed E-state index contributed by atoms with van der Waals surface area (Å²) in [5, 5.41) is 0. The zero-order valence-corrected chi connectivity index (χ0v) is 11.3. The fraction of sp³-hybridized carbons (Fsp3) is 0.600. The molecule has 0 amide bonds. The topological polar surface area (TPSA) is 9.23 Å². The Morgan fingerprint density at radius 2 is 1.71 bits per heavy atom. The van der Waals surface area contributed by atoms with Crippen LogP contribution in [0.1, 0.15) is 38.5 Å². The Hall–Kier alpha value is -0.470. The number of ether oxygens (including phenoxy) is 1. The predicted molar refractivity (Wildman–Crippen MR) is 74.6 cm³/mol. The average molecular weight is 250 g/mol. The Morgan fingerprint density at radius 1 is 1.00 bits per heavy atom. The first-order valence-corrected chi connectivity index (χ1v) is 7.73. The van der Waals surface area contributed by atoms with E-state index in [0.717, 1.165) is 12.4 Å². The lowest BCUT2D eigenvalue weighted by Crippen LogP contribution is -2.13. The third kappa shape index (κ3) is 5.13. The van der Waals surface area contributed by atoms with Crippen molar-refractivity contribution in [2.45, 2.75) is 49.5 Å². The lowest BCUT2D eigenvalue weighted by molar-refractivity contribution is 0.0543. The van der Waals surface area contributed by atoms with Crippen molar-refractivity contribution in [3.63, 3.8) is 0 Å². The molecule has 1 nitrogen and oxygen atoms in total. The van der Waals surface area contributed by atoms with Gasteiger partial charge in [0.25, 0.3) is 0 Å². The van der Waals surface area contributed by atoms with Gasteiger partial charge in [-0.05, 0) is 25.0 Å². The van der Waals surface area contributed by atoms with Gasteiger partial charge in [0.05, 0.1) is 12.7 Å². The molecular formula is C15H22OS. The van der Waals surface area contributed by atoms with Crippen LogP contribution in [0.25, 0.3) is 0 Å². The molecule has 0 unspecified atom stereocenters. The van der Waals surface area contributed by atoms with Gasteiger partial charge in [0.1, 0.15) is 0 Å². The van der Waals surface area contributed by atoms with Crippen LogP contribution in [-0.4, -0.2) is 18.5 Å². The molecule has 0 N–H and O–H groups in total. The standard InChI is InChI=1S/C15H22OS/c1-2-5-9-14(8-4-1)16-12-13-17-15-10-6-3-7-11-15/h3,6-7,10-11,14H,1-2,4-5,8-9,12-13H2. The van der Waals surface area contributed by atoms with E-state index in [1.54, 1.807) is 0 Å². The van der Waals surface area contributed by atoms with Gasteiger partial charge < -0.3 is 4.74 Å². The SMILES string of the molecule is c1ccc(SCCOC2CCCCCC2)cc1. The van der Waals surface area contributed by atoms with E-state index < -0.39 is 0 Å². The summed E-state index contributed by atoms with van der Waals surface area (Å²) in [6.07, 6.45) is 8.60. The Balaban J connectivity index is 1.59. The highest BCUT2D eigenvalue weighted by Crippen LogP contribution is 2.21. The molecule has 0 atom stereocenters. The Kier molecular flexibility index (Phi) is 5.94. The van der Waals surface area contributed by atoms with Crippen molar-refractivity contribution in [1.82, 2.24) is 0 Å². The molecule has 0 heterocycles. The minimum atomic E-state index is 0.536. The van der Waals surface area contributed by atoms with Gasteiger partial charge in [0, 0.05) is 10.6 Å². The molecule has 94 valence electrons. The summed E-state index contributed by atoms with van der Waals surface area (Å²) in [6, 6.07) is 10.6. The molecule has 2 heteroatoms. The molecule has 1 aromatic carbocycles. The first-order chi connectivity index (χ1) is 8.45. The fourth-order valence-electron chi connectivity index (χ4n) is 2.30. The minimum Gasteiger partial charge on any atom is -0.377 e. The predicted octanol–water partition coefficient (Wildman–Crippen LogP) is 4.52. The summed E-state index contributed by atoms with van der Waals surface area (Å²) in [7, 11) is 0. The maximum Gasteiger partial charge on any atom is 0.0575 e. The maximum atomic E-state index is 5.96. The molecule has 17 heavy (non-hydrogen) atoms. The Labute approximate surface area is 109 Å². The van der Waals surface area contributed by atoms with E-state index in [1.807, 2.05) is 11.8 Å². The second-order valence-electron chi connectivity index (χ2n) is 4.65. The molecule has 0 bridgehead atoms. The summed E-state index contributed by atoms with van der Waals surface area (Å²) in [5.41, 5.74) is 0. The van der Waals surface area contributed by atoms with Gasteiger partial charge in [-0.25, -0.2) is 0 Å². The van der Waals surface area contributed by atoms with Crippen LogP contribution in [0.4, 0.5) is 0 Å². The summed E-state index contributed by atoms with van der Waals surface area (Å²) in [5.74, 6) is 1.07. The molecule has 1 fully saturated rings. The molecular weight excluding hydrogens is 228 g/mol. The minimum absolute atomic E-state index is 0.536. The Morgan fingerprint density at radius 3 is 2.41 bits per heavy atom. The van der Waals surface area contributed by atoms with Crippen molar-refractivity contribution in [3.8, 4) is 0 Å². The molecule has 1 saturated carbocycles. The van der Waals surface area contributed by atoms with Crippen LogP contribution >= 0.6 is 11.8 Å². The third-order valence-corrected chi connectivity index (χ3v) is 4.23. The monoisotopic (exact) mass is 250 g/mol. The highest BCUT2D eigenvalue weighted by atomic mass is 32.2. The van der Waals surface area contributed by atoms with E-state index in [2.05, 4.69) is 30.3 Å². The highest BCUT2D eigenvalue weighted by molar-refractivity contribution is 7.99. The summed E-state index contributed by atoms with van der Waals surface area (Å²) < 4.78 is 5.96. The zero-order chi connectivity index (χ0) is 11.8. The zero-order valence-electron chi connectivity index (χ0n) is 10.4. The number of rotatable bonds is 5. The normalized spacial score (nSPS) is 17.9. The molecule has 0 aliphatic heterocycles. The summed E-state index contributed by atoms with van der Waals surface area (Å²) in [6.45, 7) is 0.893. The van der Waals surface area contributed by atoms with Crippen LogP contribution in [0.2, 0.25) is 0 Å². The fourth-order valence-corrected chi connectivity index (χ4v) is 3.06. The van der Waals surface area contributed by atoms with Crippen molar-refractivity contribution in [2.75, 3.05) is 12.4 Å². The quantitative estimate of drug-likeness (QED) is 0.432. The van der Waals surface area contributed by atoms with Crippen LogP contribution in [0, 0.1) is 0 Å². The van der Waals surface area contributed by atoms with E-state index >= 15 is 0 Å². The lowest BCUT2D eigenvalue weighted by atomic mass is 10.1. The van der Waals surface area contributed by atoms with Crippen LogP contribution in [0.3, 0.4) is 0 Å². The van der Waals surface area contributed by atoms with Crippen LogP contribution in [0.15, 0.2) is 35.2 Å². The molecule has 1 aliphatic rings. The first kappa shape index (κ1) is 13.0. The van der Waals surface area contributed by atoms with E-state index in [9.17, 15) is 0 Å². The lowest BCUT2D eigenvalue weighted by Gasteiger charge is -2.14. The smallest absolute Gasteiger partial charge is 0.0575 e. The van der Waals surface area contributed by atoms with Gasteiger partial charge in [0.15, 0.2) is 0 Å². The average Bonchev–Trinajstić information content (AvgIpc) is 2.65.